The summed E-state index contributed by atoms with van der Waals surface area (Å²) in [6.45, 7) is 1.78. The number of piperidine rings is 1. The lowest BCUT2D eigenvalue weighted by molar-refractivity contribution is -0.137. The number of anilines is 1. The number of fused-ring (bicyclic) bond motifs is 1. The maximum atomic E-state index is 13.0. The van der Waals surface area contributed by atoms with Gasteiger partial charge in [0.25, 0.3) is 5.19 Å². The van der Waals surface area contributed by atoms with Crippen molar-refractivity contribution in [2.24, 2.45) is 5.92 Å². The Bertz CT molecular complexity index is 1030. The van der Waals surface area contributed by atoms with Gasteiger partial charge in [-0.1, -0.05) is 41.7 Å². The molecule has 2 aliphatic rings. The molecule has 0 spiro atoms. The van der Waals surface area contributed by atoms with E-state index in [1.807, 2.05) is 59.5 Å². The van der Waals surface area contributed by atoms with Crippen molar-refractivity contribution < 1.29 is 14.3 Å². The van der Waals surface area contributed by atoms with Crippen LogP contribution in [0, 0.1) is 5.92 Å². The summed E-state index contributed by atoms with van der Waals surface area (Å²) in [5, 5.41) is 0.695. The van der Waals surface area contributed by atoms with E-state index in [0.29, 0.717) is 24.8 Å². The molecule has 2 saturated heterocycles. The molecule has 30 heavy (non-hydrogen) atoms. The number of carbonyl (C=O) groups excluding carboxylic acids is 2. The Morgan fingerprint density at radius 2 is 1.77 bits per heavy atom. The van der Waals surface area contributed by atoms with E-state index in [0.717, 1.165) is 28.7 Å². The molecule has 2 amide bonds. The predicted octanol–water partition coefficient (Wildman–Crippen LogP) is 3.72. The molecule has 1 atom stereocenters. The Balaban J connectivity index is 1.16. The van der Waals surface area contributed by atoms with E-state index in [1.54, 1.807) is 16.2 Å². The fourth-order valence-electron chi connectivity index (χ4n) is 4.23. The second-order valence-corrected chi connectivity index (χ2v) is 8.82. The normalized spacial score (nSPS) is 20.1. The SMILES string of the molecule is O=C(C1CC(=O)N(c2ccccc2)C1)N1CCC(Oc2nc3ccccc3s2)CC1. The lowest BCUT2D eigenvalue weighted by Crippen LogP contribution is -2.44. The highest BCUT2D eigenvalue weighted by atomic mass is 32.1. The lowest BCUT2D eigenvalue weighted by atomic mass is 10.0. The molecule has 1 aromatic heterocycles. The van der Waals surface area contributed by atoms with Crippen molar-refractivity contribution in [3.05, 3.63) is 54.6 Å². The van der Waals surface area contributed by atoms with Gasteiger partial charge in [0.1, 0.15) is 6.10 Å². The van der Waals surface area contributed by atoms with Gasteiger partial charge in [0, 0.05) is 44.6 Å². The van der Waals surface area contributed by atoms with Crippen LogP contribution >= 0.6 is 11.3 Å². The van der Waals surface area contributed by atoms with Crippen LogP contribution in [0.4, 0.5) is 5.69 Å². The molecular formula is C23H23N3O3S. The summed E-state index contributed by atoms with van der Waals surface area (Å²) in [5.74, 6) is -0.159. The van der Waals surface area contributed by atoms with Crippen LogP contribution in [-0.4, -0.2) is 47.4 Å². The molecule has 2 aliphatic heterocycles. The zero-order chi connectivity index (χ0) is 20.5. The molecule has 2 fully saturated rings. The first-order valence-electron chi connectivity index (χ1n) is 10.3. The van der Waals surface area contributed by atoms with Crippen molar-refractivity contribution in [1.82, 2.24) is 9.88 Å². The molecule has 154 valence electrons. The molecule has 2 aromatic carbocycles. The van der Waals surface area contributed by atoms with E-state index < -0.39 is 0 Å². The van der Waals surface area contributed by atoms with Gasteiger partial charge in [-0.25, -0.2) is 4.98 Å². The summed E-state index contributed by atoms with van der Waals surface area (Å²) in [7, 11) is 0. The largest absolute Gasteiger partial charge is 0.467 e. The number of hydrogen-bond donors (Lipinski definition) is 0. The first kappa shape index (κ1) is 19.1. The van der Waals surface area contributed by atoms with E-state index in [9.17, 15) is 9.59 Å². The van der Waals surface area contributed by atoms with E-state index in [4.69, 9.17) is 4.74 Å². The third-order valence-corrected chi connectivity index (χ3v) is 6.76. The summed E-state index contributed by atoms with van der Waals surface area (Å²) in [4.78, 5) is 33.6. The maximum Gasteiger partial charge on any atom is 0.274 e. The van der Waals surface area contributed by atoms with Gasteiger partial charge in [0.05, 0.1) is 16.1 Å². The average molecular weight is 422 g/mol. The van der Waals surface area contributed by atoms with Crippen LogP contribution in [-0.2, 0) is 9.59 Å². The third kappa shape index (κ3) is 3.77. The number of ether oxygens (including phenoxy) is 1. The Morgan fingerprint density at radius 3 is 2.53 bits per heavy atom. The molecule has 0 radical (unpaired) electrons. The van der Waals surface area contributed by atoms with Crippen molar-refractivity contribution in [1.29, 1.82) is 0 Å². The number of aromatic nitrogens is 1. The molecule has 0 saturated carbocycles. The van der Waals surface area contributed by atoms with Crippen LogP contribution in [0.2, 0.25) is 0 Å². The summed E-state index contributed by atoms with van der Waals surface area (Å²) >= 11 is 1.56. The van der Waals surface area contributed by atoms with E-state index in [2.05, 4.69) is 4.98 Å². The summed E-state index contributed by atoms with van der Waals surface area (Å²) < 4.78 is 7.21. The van der Waals surface area contributed by atoms with Crippen molar-refractivity contribution >= 4 is 39.1 Å². The number of nitrogens with zero attached hydrogens (tertiary/aromatic N) is 3. The minimum atomic E-state index is -0.264. The summed E-state index contributed by atoms with van der Waals surface area (Å²) in [6.07, 6.45) is 1.92. The van der Waals surface area contributed by atoms with Gasteiger partial charge in [-0.3, -0.25) is 9.59 Å². The van der Waals surface area contributed by atoms with Gasteiger partial charge in [-0.05, 0) is 24.3 Å². The van der Waals surface area contributed by atoms with Crippen molar-refractivity contribution in [2.45, 2.75) is 25.4 Å². The number of benzene rings is 2. The number of carbonyl (C=O) groups is 2. The molecule has 0 aliphatic carbocycles. The molecular weight excluding hydrogens is 398 g/mol. The molecule has 1 unspecified atom stereocenters. The third-order valence-electron chi connectivity index (χ3n) is 5.84. The topological polar surface area (TPSA) is 62.7 Å². The molecule has 6 nitrogen and oxygen atoms in total. The first-order valence-corrected chi connectivity index (χ1v) is 11.2. The number of amides is 2. The Kier molecular flexibility index (Phi) is 5.12. The Labute approximate surface area is 179 Å². The average Bonchev–Trinajstić information content (AvgIpc) is 3.37. The monoisotopic (exact) mass is 421 g/mol. The smallest absolute Gasteiger partial charge is 0.274 e. The van der Waals surface area contributed by atoms with Gasteiger partial charge in [-0.15, -0.1) is 0 Å². The molecule has 3 heterocycles. The number of likely N-dealkylation sites (tertiary alicyclic amines) is 1. The van der Waals surface area contributed by atoms with Crippen LogP contribution in [0.25, 0.3) is 10.2 Å². The molecule has 5 rings (SSSR count). The first-order chi connectivity index (χ1) is 14.7. The van der Waals surface area contributed by atoms with Crippen LogP contribution in [0.3, 0.4) is 0 Å². The van der Waals surface area contributed by atoms with Crippen molar-refractivity contribution in [3.8, 4) is 5.19 Å². The van der Waals surface area contributed by atoms with Crippen molar-refractivity contribution in [3.63, 3.8) is 0 Å². The number of rotatable bonds is 4. The molecule has 0 N–H and O–H groups in total. The van der Waals surface area contributed by atoms with Gasteiger partial charge in [0.2, 0.25) is 11.8 Å². The van der Waals surface area contributed by atoms with Crippen LogP contribution in [0.5, 0.6) is 5.19 Å². The van der Waals surface area contributed by atoms with Gasteiger partial charge in [-0.2, -0.15) is 0 Å². The van der Waals surface area contributed by atoms with Crippen molar-refractivity contribution in [2.75, 3.05) is 24.5 Å². The number of hydrogen-bond acceptors (Lipinski definition) is 5. The highest BCUT2D eigenvalue weighted by molar-refractivity contribution is 7.20. The molecule has 3 aromatic rings. The van der Waals surface area contributed by atoms with Crippen LogP contribution in [0.15, 0.2) is 54.6 Å². The standard InChI is InChI=1S/C23H23N3O3S/c27-21-14-16(15-26(21)17-6-2-1-3-7-17)22(28)25-12-10-18(11-13-25)29-23-24-19-8-4-5-9-20(19)30-23/h1-9,16,18H,10-15H2. The zero-order valence-electron chi connectivity index (χ0n) is 16.6. The fourth-order valence-corrected chi connectivity index (χ4v) is 5.11. The van der Waals surface area contributed by atoms with Gasteiger partial charge < -0.3 is 14.5 Å². The predicted molar refractivity (Wildman–Crippen MR) is 117 cm³/mol. The second-order valence-electron chi connectivity index (χ2n) is 7.83. The lowest BCUT2D eigenvalue weighted by Gasteiger charge is -2.33. The maximum absolute atomic E-state index is 13.0. The minimum Gasteiger partial charge on any atom is -0.467 e. The summed E-state index contributed by atoms with van der Waals surface area (Å²) in [5.41, 5.74) is 1.82. The van der Waals surface area contributed by atoms with Crippen LogP contribution in [0.1, 0.15) is 19.3 Å². The van der Waals surface area contributed by atoms with E-state index in [1.165, 1.54) is 0 Å². The van der Waals surface area contributed by atoms with Gasteiger partial charge >= 0.3 is 0 Å². The quantitative estimate of drug-likeness (QED) is 0.644. The number of thiazole rings is 1. The Hall–Kier alpha value is -2.93. The zero-order valence-corrected chi connectivity index (χ0v) is 17.4. The fraction of sp³-hybridized carbons (Fsp3) is 0.348. The molecule has 0 bridgehead atoms. The van der Waals surface area contributed by atoms with E-state index >= 15 is 0 Å². The van der Waals surface area contributed by atoms with E-state index in [-0.39, 0.29) is 30.3 Å². The minimum absolute atomic E-state index is 0.0219. The number of para-hydroxylation sites is 2. The summed E-state index contributed by atoms with van der Waals surface area (Å²) in [6, 6.07) is 17.6. The highest BCUT2D eigenvalue weighted by Gasteiger charge is 2.38. The Morgan fingerprint density at radius 1 is 1.03 bits per heavy atom. The van der Waals surface area contributed by atoms with Gasteiger partial charge in [0.15, 0.2) is 0 Å². The second kappa shape index (κ2) is 8.07. The highest BCUT2D eigenvalue weighted by Crippen LogP contribution is 2.31. The molecule has 7 heteroatoms. The van der Waals surface area contributed by atoms with Crippen LogP contribution < -0.4 is 9.64 Å².